The van der Waals surface area contributed by atoms with E-state index in [0.29, 0.717) is 18.4 Å². The van der Waals surface area contributed by atoms with Crippen molar-refractivity contribution >= 4 is 21.9 Å². The number of carbonyl (C=O) groups excluding carboxylic acids is 1. The van der Waals surface area contributed by atoms with Crippen LogP contribution in [0.5, 0.6) is 5.75 Å². The van der Waals surface area contributed by atoms with Gasteiger partial charge in [-0.1, -0.05) is 12.1 Å². The Labute approximate surface area is 193 Å². The molecule has 1 aromatic carbocycles. The van der Waals surface area contributed by atoms with E-state index in [4.69, 9.17) is 5.11 Å². The highest BCUT2D eigenvalue weighted by atomic mass is 32.2. The largest absolute Gasteiger partial charge is 0.505 e. The van der Waals surface area contributed by atoms with Gasteiger partial charge in [-0.2, -0.15) is 13.2 Å². The molecule has 13 heteroatoms. The summed E-state index contributed by atoms with van der Waals surface area (Å²) in [5, 5.41) is 20.8. The minimum atomic E-state index is -4.50. The number of aromatic nitrogens is 1. The zero-order valence-electron chi connectivity index (χ0n) is 17.7. The first-order chi connectivity index (χ1) is 15.9. The van der Waals surface area contributed by atoms with Gasteiger partial charge in [-0.05, 0) is 48.1 Å². The smallest absolute Gasteiger partial charge is 0.416 e. The number of hydrogen-bond acceptors (Lipinski definition) is 6. The molecule has 1 aliphatic heterocycles. The normalized spacial score (nSPS) is 15.7. The molecule has 3 rings (SSSR count). The van der Waals surface area contributed by atoms with Gasteiger partial charge in [-0.25, -0.2) is 17.7 Å². The summed E-state index contributed by atoms with van der Waals surface area (Å²) in [6.45, 7) is -0.272. The van der Waals surface area contributed by atoms with Crippen LogP contribution in [0.25, 0.3) is 0 Å². The second kappa shape index (κ2) is 9.97. The van der Waals surface area contributed by atoms with E-state index in [1.54, 1.807) is 0 Å². The van der Waals surface area contributed by atoms with Gasteiger partial charge in [0.25, 0.3) is 5.91 Å². The topological polar surface area (TPSA) is 137 Å². The number of hydrogen-bond donors (Lipinski definition) is 3. The van der Waals surface area contributed by atoms with Crippen LogP contribution >= 0.6 is 0 Å². The number of carboxylic acid groups (broad SMARTS) is 1. The number of nitrogens with zero attached hydrogens (tertiary/aromatic N) is 2. The molecule has 1 fully saturated rings. The lowest BCUT2D eigenvalue weighted by atomic mass is 9.91. The maximum Gasteiger partial charge on any atom is 0.416 e. The number of pyridine rings is 1. The van der Waals surface area contributed by atoms with Gasteiger partial charge >= 0.3 is 12.1 Å². The fourth-order valence-corrected chi connectivity index (χ4v) is 5.23. The number of halogens is 3. The van der Waals surface area contributed by atoms with Crippen LogP contribution in [0.3, 0.4) is 0 Å². The van der Waals surface area contributed by atoms with Gasteiger partial charge in [0.2, 0.25) is 10.0 Å². The van der Waals surface area contributed by atoms with E-state index in [1.807, 2.05) is 0 Å². The Morgan fingerprint density at radius 1 is 1.15 bits per heavy atom. The maximum absolute atomic E-state index is 12.7. The number of piperidine rings is 1. The number of benzene rings is 1. The molecule has 9 nitrogen and oxygen atoms in total. The first-order valence-electron chi connectivity index (χ1n) is 10.2. The predicted molar refractivity (Wildman–Crippen MR) is 113 cm³/mol. The van der Waals surface area contributed by atoms with Crippen molar-refractivity contribution in [3.8, 4) is 5.75 Å². The third-order valence-electron chi connectivity index (χ3n) is 5.45. The Morgan fingerprint density at radius 2 is 1.76 bits per heavy atom. The highest BCUT2D eigenvalue weighted by Gasteiger charge is 2.32. The highest BCUT2D eigenvalue weighted by Crippen LogP contribution is 2.32. The van der Waals surface area contributed by atoms with Gasteiger partial charge in [-0.15, -0.1) is 0 Å². The van der Waals surface area contributed by atoms with Crippen LogP contribution in [0.1, 0.15) is 45.9 Å². The Hall–Kier alpha value is -3.19. The summed E-state index contributed by atoms with van der Waals surface area (Å²) in [5.74, 6) is -3.05. The summed E-state index contributed by atoms with van der Waals surface area (Å²) in [6, 6.07) is 5.34. The Balaban J connectivity index is 1.60. The number of nitrogens with one attached hydrogen (secondary N) is 1. The van der Waals surface area contributed by atoms with Crippen LogP contribution in [0.2, 0.25) is 0 Å². The van der Waals surface area contributed by atoms with Gasteiger partial charge in [0.05, 0.1) is 11.3 Å². The fraction of sp³-hybridized carbons (Fsp3) is 0.381. The molecule has 0 radical (unpaired) electrons. The quantitative estimate of drug-likeness (QED) is 0.530. The molecule has 184 valence electrons. The molecule has 0 spiro atoms. The lowest BCUT2D eigenvalue weighted by Gasteiger charge is -2.31. The number of carboxylic acids is 1. The first kappa shape index (κ1) is 25.4. The summed E-state index contributed by atoms with van der Waals surface area (Å²) in [5.41, 5.74) is -0.314. The SMILES string of the molecule is O=C(O)CNC(=O)c1ncc(C2CCN(S(=O)(=O)Cc3ccc(C(F)(F)F)cc3)CC2)cc1O. The van der Waals surface area contributed by atoms with Crippen molar-refractivity contribution < 1.29 is 41.4 Å². The molecule has 1 saturated heterocycles. The van der Waals surface area contributed by atoms with Crippen LogP contribution in [-0.4, -0.2) is 59.4 Å². The van der Waals surface area contributed by atoms with Crippen molar-refractivity contribution in [1.82, 2.24) is 14.6 Å². The zero-order chi connectivity index (χ0) is 25.1. The second-order valence-electron chi connectivity index (χ2n) is 7.84. The summed E-state index contributed by atoms with van der Waals surface area (Å²) in [4.78, 5) is 26.4. The van der Waals surface area contributed by atoms with E-state index in [1.165, 1.54) is 16.6 Å². The number of aromatic hydroxyl groups is 1. The monoisotopic (exact) mass is 501 g/mol. The average molecular weight is 501 g/mol. The molecule has 2 heterocycles. The van der Waals surface area contributed by atoms with Crippen molar-refractivity contribution in [2.24, 2.45) is 0 Å². The minimum absolute atomic E-state index is 0.132. The van der Waals surface area contributed by atoms with E-state index < -0.39 is 51.7 Å². The minimum Gasteiger partial charge on any atom is -0.505 e. The van der Waals surface area contributed by atoms with Crippen LogP contribution < -0.4 is 5.32 Å². The maximum atomic E-state index is 12.7. The van der Waals surface area contributed by atoms with Crippen LogP contribution in [-0.2, 0) is 26.7 Å². The van der Waals surface area contributed by atoms with Crippen molar-refractivity contribution in [2.75, 3.05) is 19.6 Å². The van der Waals surface area contributed by atoms with Gasteiger partial charge in [0.1, 0.15) is 12.3 Å². The Bertz CT molecular complexity index is 1160. The molecule has 0 unspecified atom stereocenters. The highest BCUT2D eigenvalue weighted by molar-refractivity contribution is 7.88. The molecule has 0 aliphatic carbocycles. The molecule has 3 N–H and O–H groups in total. The number of carbonyl (C=O) groups is 2. The van der Waals surface area contributed by atoms with Crippen molar-refractivity contribution in [1.29, 1.82) is 0 Å². The molecule has 0 bridgehead atoms. The molecular formula is C21H22F3N3O6S. The van der Waals surface area contributed by atoms with Crippen LogP contribution in [0.15, 0.2) is 36.5 Å². The summed E-state index contributed by atoms with van der Waals surface area (Å²) < 4.78 is 64.8. The van der Waals surface area contributed by atoms with Crippen LogP contribution in [0, 0.1) is 0 Å². The van der Waals surface area contributed by atoms with Crippen molar-refractivity contribution in [3.05, 3.63) is 58.9 Å². The Kier molecular flexibility index (Phi) is 7.46. The number of aliphatic carboxylic acids is 1. The molecule has 1 aromatic heterocycles. The van der Waals surface area contributed by atoms with Crippen LogP contribution in [0.4, 0.5) is 13.2 Å². The molecule has 0 atom stereocenters. The second-order valence-corrected chi connectivity index (χ2v) is 9.81. The summed E-state index contributed by atoms with van der Waals surface area (Å²) in [6.07, 6.45) is -2.29. The predicted octanol–water partition coefficient (Wildman–Crippen LogP) is 2.33. The fourth-order valence-electron chi connectivity index (χ4n) is 3.67. The zero-order valence-corrected chi connectivity index (χ0v) is 18.6. The van der Waals surface area contributed by atoms with E-state index in [9.17, 15) is 36.3 Å². The van der Waals surface area contributed by atoms with E-state index in [0.717, 1.165) is 24.3 Å². The van der Waals surface area contributed by atoms with E-state index >= 15 is 0 Å². The van der Waals surface area contributed by atoms with E-state index in [-0.39, 0.29) is 30.3 Å². The molecular weight excluding hydrogens is 479 g/mol. The number of amides is 1. The molecule has 1 aliphatic rings. The van der Waals surface area contributed by atoms with Gasteiger partial charge in [-0.3, -0.25) is 9.59 Å². The number of sulfonamides is 1. The van der Waals surface area contributed by atoms with Crippen molar-refractivity contribution in [3.63, 3.8) is 0 Å². The summed E-state index contributed by atoms with van der Waals surface area (Å²) in [7, 11) is -3.74. The molecule has 1 amide bonds. The third kappa shape index (κ3) is 6.23. The molecule has 34 heavy (non-hydrogen) atoms. The first-order valence-corrected chi connectivity index (χ1v) is 11.8. The third-order valence-corrected chi connectivity index (χ3v) is 7.30. The lowest BCUT2D eigenvalue weighted by Crippen LogP contribution is -2.38. The lowest BCUT2D eigenvalue weighted by molar-refractivity contribution is -0.138. The van der Waals surface area contributed by atoms with Crippen molar-refractivity contribution in [2.45, 2.75) is 30.7 Å². The number of rotatable bonds is 7. The van der Waals surface area contributed by atoms with Gasteiger partial charge < -0.3 is 15.5 Å². The average Bonchev–Trinajstić information content (AvgIpc) is 2.77. The Morgan fingerprint density at radius 3 is 2.29 bits per heavy atom. The molecule has 2 aromatic rings. The number of alkyl halides is 3. The van der Waals surface area contributed by atoms with Gasteiger partial charge in [0, 0.05) is 19.3 Å². The van der Waals surface area contributed by atoms with Gasteiger partial charge in [0.15, 0.2) is 5.69 Å². The standard InChI is InChI=1S/C21H22F3N3O6S/c22-21(23,24)16-3-1-13(2-4-16)12-34(32,33)27-7-5-14(6-8-27)15-9-17(28)19(25-10-15)20(31)26-11-18(29)30/h1-4,9-10,14,28H,5-8,11-12H2,(H,26,31)(H,29,30). The molecule has 0 saturated carbocycles. The van der Waals surface area contributed by atoms with E-state index in [2.05, 4.69) is 10.3 Å². The summed E-state index contributed by atoms with van der Waals surface area (Å²) >= 11 is 0.